The first-order chi connectivity index (χ1) is 22.9. The highest BCUT2D eigenvalue weighted by atomic mass is 19.1. The second kappa shape index (κ2) is 14.6. The average Bonchev–Trinajstić information content (AvgIpc) is 3.87. The number of alkyl carbamates (subject to hydrolysis) is 1. The molecule has 2 heterocycles. The Balaban J connectivity index is 1.58. The number of rotatable bonds is 11. The van der Waals surface area contributed by atoms with Crippen LogP contribution in [0.5, 0.6) is 0 Å². The summed E-state index contributed by atoms with van der Waals surface area (Å²) in [4.78, 5) is 50.7. The number of para-hydroxylation sites is 1. The molecule has 3 N–H and O–H groups in total. The van der Waals surface area contributed by atoms with Crippen molar-refractivity contribution in [3.05, 3.63) is 64.7 Å². The fourth-order valence-corrected chi connectivity index (χ4v) is 5.67. The molecule has 1 aromatic heterocycles. The molecule has 0 atom stereocenters. The third-order valence-corrected chi connectivity index (χ3v) is 8.34. The Labute approximate surface area is 279 Å². The number of carbonyl (C=O) groups excluding carboxylic acids is 3. The van der Waals surface area contributed by atoms with E-state index in [1.54, 1.807) is 40.0 Å². The zero-order valence-corrected chi connectivity index (χ0v) is 28.0. The van der Waals surface area contributed by atoms with Gasteiger partial charge in [0.15, 0.2) is 5.82 Å². The number of piperidine rings is 1. The third-order valence-electron chi connectivity index (χ3n) is 8.34. The van der Waals surface area contributed by atoms with Gasteiger partial charge in [-0.25, -0.2) is 18.6 Å². The van der Waals surface area contributed by atoms with Gasteiger partial charge in [-0.15, -0.1) is 0 Å². The van der Waals surface area contributed by atoms with Gasteiger partial charge < -0.3 is 25.6 Å². The predicted octanol–water partition coefficient (Wildman–Crippen LogP) is 5.38. The van der Waals surface area contributed by atoms with Crippen LogP contribution in [0.4, 0.5) is 31.0 Å². The molecule has 0 bridgehead atoms. The quantitative estimate of drug-likeness (QED) is 0.234. The fourth-order valence-electron chi connectivity index (χ4n) is 5.67. The second-order valence-electron chi connectivity index (χ2n) is 13.3. The van der Waals surface area contributed by atoms with E-state index in [1.807, 2.05) is 17.9 Å². The Morgan fingerprint density at radius 2 is 1.75 bits per heavy atom. The zero-order valence-electron chi connectivity index (χ0n) is 28.0. The van der Waals surface area contributed by atoms with E-state index in [1.165, 1.54) is 6.07 Å². The predicted molar refractivity (Wildman–Crippen MR) is 179 cm³/mol. The normalized spacial score (nSPS) is 15.2. The van der Waals surface area contributed by atoms with Crippen molar-refractivity contribution in [1.29, 1.82) is 0 Å². The van der Waals surface area contributed by atoms with Crippen LogP contribution in [0.1, 0.15) is 67.9 Å². The van der Waals surface area contributed by atoms with Crippen molar-refractivity contribution in [3.8, 4) is 11.3 Å². The molecular formula is C35H43F2N7O4. The lowest BCUT2D eigenvalue weighted by Crippen LogP contribution is -2.46. The molecule has 256 valence electrons. The van der Waals surface area contributed by atoms with Gasteiger partial charge in [-0.3, -0.25) is 14.5 Å². The number of nitrogens with zero attached hydrogens (tertiary/aromatic N) is 4. The van der Waals surface area contributed by atoms with Crippen molar-refractivity contribution in [2.24, 2.45) is 5.92 Å². The summed E-state index contributed by atoms with van der Waals surface area (Å²) in [5, 5.41) is 8.99. The lowest BCUT2D eigenvalue weighted by atomic mass is 9.98. The van der Waals surface area contributed by atoms with Crippen molar-refractivity contribution >= 4 is 35.9 Å². The maximum absolute atomic E-state index is 15.2. The summed E-state index contributed by atoms with van der Waals surface area (Å²) in [6.45, 7) is 8.92. The first-order valence-corrected chi connectivity index (χ1v) is 16.3. The number of aryl methyl sites for hydroxylation is 1. The van der Waals surface area contributed by atoms with E-state index < -0.39 is 29.0 Å². The molecule has 1 saturated carbocycles. The molecule has 2 aromatic carbocycles. The summed E-state index contributed by atoms with van der Waals surface area (Å²) in [6, 6.07) is 8.55. The summed E-state index contributed by atoms with van der Waals surface area (Å²) in [5.74, 6) is -1.33. The van der Waals surface area contributed by atoms with Crippen LogP contribution in [0.15, 0.2) is 36.4 Å². The minimum Gasteiger partial charge on any atom is -0.444 e. The summed E-state index contributed by atoms with van der Waals surface area (Å²) < 4.78 is 35.7. The van der Waals surface area contributed by atoms with Gasteiger partial charge in [0.25, 0.3) is 5.91 Å². The number of halogens is 2. The van der Waals surface area contributed by atoms with E-state index in [2.05, 4.69) is 16.0 Å². The molecule has 0 radical (unpaired) electrons. The summed E-state index contributed by atoms with van der Waals surface area (Å²) in [5.41, 5.74) is 1.49. The molecule has 13 heteroatoms. The van der Waals surface area contributed by atoms with Crippen LogP contribution in [-0.2, 0) is 16.1 Å². The molecule has 0 spiro atoms. The molecule has 1 aliphatic carbocycles. The van der Waals surface area contributed by atoms with E-state index >= 15 is 8.78 Å². The van der Waals surface area contributed by atoms with Gasteiger partial charge in [0, 0.05) is 48.9 Å². The first-order valence-electron chi connectivity index (χ1n) is 16.3. The van der Waals surface area contributed by atoms with Crippen LogP contribution >= 0.6 is 0 Å². The molecule has 48 heavy (non-hydrogen) atoms. The van der Waals surface area contributed by atoms with E-state index in [-0.39, 0.29) is 30.3 Å². The number of anilines is 3. The van der Waals surface area contributed by atoms with E-state index in [0.29, 0.717) is 67.2 Å². The molecule has 3 amide bonds. The van der Waals surface area contributed by atoms with Crippen molar-refractivity contribution in [2.75, 3.05) is 36.5 Å². The molecule has 3 aromatic rings. The van der Waals surface area contributed by atoms with Gasteiger partial charge in [0.1, 0.15) is 22.9 Å². The third kappa shape index (κ3) is 8.25. The van der Waals surface area contributed by atoms with Crippen LogP contribution in [0, 0.1) is 24.5 Å². The van der Waals surface area contributed by atoms with E-state index in [4.69, 9.17) is 14.7 Å². The van der Waals surface area contributed by atoms with Gasteiger partial charge in [0.05, 0.1) is 5.69 Å². The number of nitrogens with one attached hydrogen (secondary N) is 3. The highest BCUT2D eigenvalue weighted by molar-refractivity contribution is 5.96. The average molecular weight is 664 g/mol. The smallest absolute Gasteiger partial charge is 0.407 e. The maximum Gasteiger partial charge on any atom is 0.407 e. The monoisotopic (exact) mass is 663 g/mol. The highest BCUT2D eigenvalue weighted by Gasteiger charge is 2.30. The number of aromatic nitrogens is 2. The Morgan fingerprint density at radius 1 is 1.06 bits per heavy atom. The highest BCUT2D eigenvalue weighted by Crippen LogP contribution is 2.38. The topological polar surface area (TPSA) is 129 Å². The number of carbonyl (C=O) groups is 3. The lowest BCUT2D eigenvalue weighted by Gasteiger charge is -2.34. The Bertz CT molecular complexity index is 1650. The molecule has 1 saturated heterocycles. The molecule has 0 unspecified atom stereocenters. The molecule has 2 fully saturated rings. The van der Waals surface area contributed by atoms with Crippen LogP contribution in [0.25, 0.3) is 11.3 Å². The Kier molecular flexibility index (Phi) is 10.6. The SMILES string of the molecule is CNCc1c(-c2cc(C(=O)NCC3CC3)ccc2C)nc(N2CCC(NC(=O)OC(C)(C)C)CC2)nc1N(C=O)c1c(F)cccc1F. The van der Waals surface area contributed by atoms with Crippen LogP contribution < -0.4 is 25.8 Å². The number of amides is 3. The first kappa shape index (κ1) is 34.7. The van der Waals surface area contributed by atoms with E-state index in [9.17, 15) is 14.4 Å². The Morgan fingerprint density at radius 3 is 2.35 bits per heavy atom. The maximum atomic E-state index is 15.2. The van der Waals surface area contributed by atoms with Crippen LogP contribution in [-0.4, -0.2) is 66.7 Å². The molecule has 1 aliphatic heterocycles. The van der Waals surface area contributed by atoms with Gasteiger partial charge in [-0.05, 0) is 96.2 Å². The van der Waals surface area contributed by atoms with Gasteiger partial charge in [-0.1, -0.05) is 12.1 Å². The summed E-state index contributed by atoms with van der Waals surface area (Å²) >= 11 is 0. The second-order valence-corrected chi connectivity index (χ2v) is 13.3. The minimum atomic E-state index is -0.932. The van der Waals surface area contributed by atoms with Gasteiger partial charge in [0.2, 0.25) is 12.4 Å². The number of hydrogen-bond donors (Lipinski definition) is 3. The molecular weight excluding hydrogens is 620 g/mol. The summed E-state index contributed by atoms with van der Waals surface area (Å²) in [7, 11) is 1.70. The molecule has 11 nitrogen and oxygen atoms in total. The number of ether oxygens (including phenoxy) is 1. The van der Waals surface area contributed by atoms with Crippen molar-refractivity contribution < 1.29 is 27.9 Å². The zero-order chi connectivity index (χ0) is 34.6. The Hall–Kier alpha value is -4.65. The number of benzene rings is 2. The van der Waals surface area contributed by atoms with Crippen LogP contribution in [0.3, 0.4) is 0 Å². The van der Waals surface area contributed by atoms with Crippen molar-refractivity contribution in [2.45, 2.75) is 71.6 Å². The number of hydrogen-bond acceptors (Lipinski definition) is 8. The lowest BCUT2D eigenvalue weighted by molar-refractivity contribution is -0.106. The fraction of sp³-hybridized carbons (Fsp3) is 0.457. The van der Waals surface area contributed by atoms with Gasteiger partial charge >= 0.3 is 6.09 Å². The molecule has 5 rings (SSSR count). The van der Waals surface area contributed by atoms with E-state index in [0.717, 1.165) is 35.4 Å². The van der Waals surface area contributed by atoms with Crippen LogP contribution in [0.2, 0.25) is 0 Å². The summed E-state index contributed by atoms with van der Waals surface area (Å²) in [6.07, 6.45) is 3.15. The molecule has 2 aliphatic rings. The standard InChI is InChI=1S/C35H43F2N7O4/c1-21-9-12-23(32(46)39-18-22-10-11-22)17-25(21)29-26(19-38-5)31(44(20-45)30-27(36)7-6-8-28(30)37)42-33(41-29)43-15-13-24(14-16-43)40-34(47)48-35(2,3)4/h6-9,12,17,20,22,24,38H,10-11,13-16,18-19H2,1-5H3,(H,39,46)(H,40,47). The largest absolute Gasteiger partial charge is 0.444 e. The van der Waals surface area contributed by atoms with Crippen molar-refractivity contribution in [1.82, 2.24) is 25.9 Å². The van der Waals surface area contributed by atoms with Gasteiger partial charge in [-0.2, -0.15) is 4.98 Å². The minimum absolute atomic E-state index is 0.000316. The van der Waals surface area contributed by atoms with Crippen molar-refractivity contribution in [3.63, 3.8) is 0 Å².